The third-order valence-corrected chi connectivity index (χ3v) is 3.57. The first-order chi connectivity index (χ1) is 8.35. The number of aliphatic hydroxyl groups excluding tert-OH is 1. The number of hydrogen-bond donors (Lipinski definition) is 2. The molecule has 0 aromatic rings. The van der Waals surface area contributed by atoms with Gasteiger partial charge in [-0.3, -0.25) is 0 Å². The molecule has 6 heteroatoms. The van der Waals surface area contributed by atoms with Gasteiger partial charge in [0, 0.05) is 20.1 Å². The van der Waals surface area contributed by atoms with Crippen LogP contribution >= 0.6 is 0 Å². The summed E-state index contributed by atoms with van der Waals surface area (Å²) in [6.45, 7) is 4.05. The predicted octanol–water partition coefficient (Wildman–Crippen LogP) is 0.748. The van der Waals surface area contributed by atoms with Crippen LogP contribution in [0.1, 0.15) is 33.1 Å². The fraction of sp³-hybridized carbons (Fsp3) is 0.833. The summed E-state index contributed by atoms with van der Waals surface area (Å²) in [5.41, 5.74) is -1.08. The number of likely N-dealkylation sites (tertiary alicyclic amines) is 1. The molecule has 1 saturated heterocycles. The number of aliphatic hydroxyl groups is 1. The summed E-state index contributed by atoms with van der Waals surface area (Å²) in [6, 6.07) is -0.322. The van der Waals surface area contributed by atoms with Crippen molar-refractivity contribution < 1.29 is 19.8 Å². The molecule has 0 radical (unpaired) electrons. The van der Waals surface area contributed by atoms with Crippen LogP contribution in [0, 0.1) is 0 Å². The van der Waals surface area contributed by atoms with Crippen molar-refractivity contribution in [2.45, 2.75) is 44.8 Å². The predicted molar refractivity (Wildman–Crippen MR) is 66.3 cm³/mol. The van der Waals surface area contributed by atoms with Crippen molar-refractivity contribution in [2.24, 2.45) is 0 Å². The highest BCUT2D eigenvalue weighted by atomic mass is 16.4. The van der Waals surface area contributed by atoms with E-state index in [9.17, 15) is 19.8 Å². The van der Waals surface area contributed by atoms with Crippen LogP contribution in [0.5, 0.6) is 0 Å². The number of rotatable bonds is 4. The maximum absolute atomic E-state index is 12.2. The molecule has 0 aromatic heterocycles. The Labute approximate surface area is 107 Å². The van der Waals surface area contributed by atoms with Gasteiger partial charge in [0.1, 0.15) is 5.54 Å². The molecule has 0 spiro atoms. The highest BCUT2D eigenvalue weighted by Crippen LogP contribution is 2.33. The minimum absolute atomic E-state index is 0.203. The number of nitrogens with zero attached hydrogens (tertiary/aromatic N) is 2. The van der Waals surface area contributed by atoms with E-state index in [-0.39, 0.29) is 12.6 Å². The summed E-state index contributed by atoms with van der Waals surface area (Å²) in [5.74, 6) is -0.943. The maximum atomic E-state index is 12.2. The van der Waals surface area contributed by atoms with E-state index in [0.717, 1.165) is 0 Å². The zero-order valence-corrected chi connectivity index (χ0v) is 11.2. The molecular formula is C12H22N2O4. The number of carbonyl (C=O) groups is 2. The molecule has 0 bridgehead atoms. The molecule has 1 heterocycles. The summed E-state index contributed by atoms with van der Waals surface area (Å²) >= 11 is 0. The van der Waals surface area contributed by atoms with E-state index in [0.29, 0.717) is 25.8 Å². The Morgan fingerprint density at radius 2 is 2.11 bits per heavy atom. The summed E-state index contributed by atoms with van der Waals surface area (Å²) in [5, 5.41) is 18.7. The molecular weight excluding hydrogens is 236 g/mol. The van der Waals surface area contributed by atoms with E-state index in [1.807, 2.05) is 0 Å². The molecule has 0 saturated carbocycles. The average molecular weight is 258 g/mol. The van der Waals surface area contributed by atoms with Gasteiger partial charge >= 0.3 is 12.0 Å². The molecule has 2 amide bonds. The second-order valence-electron chi connectivity index (χ2n) is 4.96. The van der Waals surface area contributed by atoms with E-state index >= 15 is 0 Å². The maximum Gasteiger partial charge on any atom is 0.329 e. The molecule has 6 nitrogen and oxygen atoms in total. The lowest BCUT2D eigenvalue weighted by atomic mass is 9.93. The number of carboxylic acid groups (broad SMARTS) is 1. The molecule has 2 N–H and O–H groups in total. The molecule has 1 aliphatic heterocycles. The largest absolute Gasteiger partial charge is 0.479 e. The average Bonchev–Trinajstić information content (AvgIpc) is 2.71. The number of aliphatic carboxylic acids is 1. The van der Waals surface area contributed by atoms with Gasteiger partial charge in [-0.05, 0) is 26.2 Å². The minimum Gasteiger partial charge on any atom is -0.479 e. The second-order valence-corrected chi connectivity index (χ2v) is 4.96. The lowest BCUT2D eigenvalue weighted by molar-refractivity contribution is -0.148. The van der Waals surface area contributed by atoms with Gasteiger partial charge in [-0.15, -0.1) is 0 Å². The summed E-state index contributed by atoms with van der Waals surface area (Å²) in [6.07, 6.45) is 0.973. The van der Waals surface area contributed by atoms with Crippen LogP contribution in [0.15, 0.2) is 0 Å². The van der Waals surface area contributed by atoms with Crippen LogP contribution < -0.4 is 0 Å². The number of amides is 2. The molecule has 1 fully saturated rings. The lowest BCUT2D eigenvalue weighted by Gasteiger charge is -2.36. The van der Waals surface area contributed by atoms with Gasteiger partial charge in [-0.1, -0.05) is 6.92 Å². The van der Waals surface area contributed by atoms with Gasteiger partial charge in [-0.2, -0.15) is 0 Å². The monoisotopic (exact) mass is 258 g/mol. The van der Waals surface area contributed by atoms with Gasteiger partial charge in [0.25, 0.3) is 0 Å². The molecule has 2 atom stereocenters. The van der Waals surface area contributed by atoms with Crippen LogP contribution in [0.25, 0.3) is 0 Å². The van der Waals surface area contributed by atoms with Crippen molar-refractivity contribution >= 4 is 12.0 Å². The molecule has 1 rings (SSSR count). The highest BCUT2D eigenvalue weighted by Gasteiger charge is 2.49. The van der Waals surface area contributed by atoms with Crippen LogP contribution in [0.2, 0.25) is 0 Å². The van der Waals surface area contributed by atoms with Crippen molar-refractivity contribution in [3.63, 3.8) is 0 Å². The third-order valence-electron chi connectivity index (χ3n) is 3.57. The smallest absolute Gasteiger partial charge is 0.329 e. The van der Waals surface area contributed by atoms with Crippen LogP contribution in [0.4, 0.5) is 4.79 Å². The van der Waals surface area contributed by atoms with Crippen LogP contribution in [-0.2, 0) is 4.79 Å². The zero-order valence-electron chi connectivity index (χ0n) is 11.2. The Morgan fingerprint density at radius 1 is 1.50 bits per heavy atom. The Hall–Kier alpha value is -1.30. The normalized spacial score (nSPS) is 25.0. The van der Waals surface area contributed by atoms with Gasteiger partial charge in [0.05, 0.1) is 6.10 Å². The first kappa shape index (κ1) is 14.8. The van der Waals surface area contributed by atoms with Crippen molar-refractivity contribution in [3.8, 4) is 0 Å². The van der Waals surface area contributed by atoms with Gasteiger partial charge in [0.15, 0.2) is 0 Å². The second kappa shape index (κ2) is 5.56. The third kappa shape index (κ3) is 2.58. The summed E-state index contributed by atoms with van der Waals surface area (Å²) in [4.78, 5) is 26.5. The fourth-order valence-electron chi connectivity index (χ4n) is 2.58. The Morgan fingerprint density at radius 3 is 2.56 bits per heavy atom. The number of likely N-dealkylation sites (N-methyl/N-ethyl adjacent to an activating group) is 1. The van der Waals surface area contributed by atoms with Gasteiger partial charge in [0.2, 0.25) is 0 Å². The number of urea groups is 1. The van der Waals surface area contributed by atoms with Gasteiger partial charge < -0.3 is 20.0 Å². The molecule has 104 valence electrons. The van der Waals surface area contributed by atoms with E-state index in [1.54, 1.807) is 20.9 Å². The fourth-order valence-corrected chi connectivity index (χ4v) is 2.58. The first-order valence-corrected chi connectivity index (χ1v) is 6.29. The first-order valence-electron chi connectivity index (χ1n) is 6.29. The quantitative estimate of drug-likeness (QED) is 0.779. The highest BCUT2D eigenvalue weighted by molar-refractivity contribution is 5.87. The van der Waals surface area contributed by atoms with E-state index in [4.69, 9.17) is 0 Å². The standard InChI is InChI=1S/C12H22N2O4/c1-4-12(10(16)17)6-5-7-14(12)11(18)13(3)8-9(2)15/h9,15H,4-8H2,1-3H3,(H,16,17). The van der Waals surface area contributed by atoms with Crippen molar-refractivity contribution in [2.75, 3.05) is 20.1 Å². The summed E-state index contributed by atoms with van der Waals surface area (Å²) in [7, 11) is 1.58. The van der Waals surface area contributed by atoms with Crippen LogP contribution in [-0.4, -0.2) is 63.8 Å². The zero-order chi connectivity index (χ0) is 13.9. The minimum atomic E-state index is -1.08. The SMILES string of the molecule is CCC1(C(=O)O)CCCN1C(=O)N(C)CC(C)O. The molecule has 2 unspecified atom stereocenters. The van der Waals surface area contributed by atoms with Crippen molar-refractivity contribution in [1.82, 2.24) is 9.80 Å². The molecule has 18 heavy (non-hydrogen) atoms. The topological polar surface area (TPSA) is 81.1 Å². The van der Waals surface area contributed by atoms with E-state index < -0.39 is 17.6 Å². The molecule has 0 aromatic carbocycles. The number of carbonyl (C=O) groups excluding carboxylic acids is 1. The van der Waals surface area contributed by atoms with Gasteiger partial charge in [-0.25, -0.2) is 9.59 Å². The molecule has 1 aliphatic rings. The van der Waals surface area contributed by atoms with Crippen molar-refractivity contribution in [1.29, 1.82) is 0 Å². The Kier molecular flexibility index (Phi) is 4.56. The summed E-state index contributed by atoms with van der Waals surface area (Å²) < 4.78 is 0. The van der Waals surface area contributed by atoms with E-state index in [2.05, 4.69) is 0 Å². The van der Waals surface area contributed by atoms with E-state index in [1.165, 1.54) is 9.80 Å². The number of carboxylic acids is 1. The molecule has 0 aliphatic carbocycles. The Bertz CT molecular complexity index is 332. The lowest BCUT2D eigenvalue weighted by Crippen LogP contribution is -2.56. The van der Waals surface area contributed by atoms with Crippen molar-refractivity contribution in [3.05, 3.63) is 0 Å². The number of hydrogen-bond acceptors (Lipinski definition) is 3. The van der Waals surface area contributed by atoms with Crippen LogP contribution in [0.3, 0.4) is 0 Å². The Balaban J connectivity index is 2.87.